The van der Waals surface area contributed by atoms with Gasteiger partial charge in [-0.25, -0.2) is 4.79 Å². The third-order valence-corrected chi connectivity index (χ3v) is 1.30. The SMILES string of the molecule is [3H]c1ccc(N)c(C(=O)OC)c1. The molecule has 0 aliphatic heterocycles. The molecule has 0 unspecified atom stereocenters. The summed E-state index contributed by atoms with van der Waals surface area (Å²) in [4.78, 5) is 11.0. The standard InChI is InChI=1S/C8H9NO2/c1-11-8(10)6-4-2-3-5-7(6)9/h2-5H,9H2,1H3/i2T. The first-order valence-corrected chi connectivity index (χ1v) is 3.09. The topological polar surface area (TPSA) is 52.3 Å². The Morgan fingerprint density at radius 2 is 2.45 bits per heavy atom. The minimum absolute atomic E-state index is 0.240. The largest absolute Gasteiger partial charge is 0.465 e. The van der Waals surface area contributed by atoms with Gasteiger partial charge in [0, 0.05) is 5.69 Å². The maximum Gasteiger partial charge on any atom is 0.339 e. The van der Waals surface area contributed by atoms with Crippen LogP contribution in [0.3, 0.4) is 0 Å². The molecule has 11 heavy (non-hydrogen) atoms. The van der Waals surface area contributed by atoms with E-state index in [1.54, 1.807) is 0 Å². The highest BCUT2D eigenvalue weighted by Gasteiger charge is 2.06. The van der Waals surface area contributed by atoms with Crippen molar-refractivity contribution in [3.05, 3.63) is 29.8 Å². The van der Waals surface area contributed by atoms with Crippen LogP contribution in [0.2, 0.25) is 0 Å². The summed E-state index contributed by atoms with van der Waals surface area (Å²) in [7, 11) is 1.28. The first-order valence-electron chi connectivity index (χ1n) is 3.59. The third-order valence-electron chi connectivity index (χ3n) is 1.30. The molecule has 3 nitrogen and oxygen atoms in total. The summed E-state index contributed by atoms with van der Waals surface area (Å²) >= 11 is 0. The molecule has 0 aliphatic rings. The van der Waals surface area contributed by atoms with Crippen LogP contribution in [0.25, 0.3) is 0 Å². The van der Waals surface area contributed by atoms with Crippen molar-refractivity contribution in [2.45, 2.75) is 0 Å². The number of anilines is 1. The van der Waals surface area contributed by atoms with Gasteiger partial charge in [-0.3, -0.25) is 0 Å². The van der Waals surface area contributed by atoms with Crippen molar-refractivity contribution in [2.75, 3.05) is 12.8 Å². The zero-order valence-electron chi connectivity index (χ0n) is 7.13. The van der Waals surface area contributed by atoms with Crippen molar-refractivity contribution in [3.8, 4) is 0 Å². The van der Waals surface area contributed by atoms with Gasteiger partial charge in [0.15, 0.2) is 0 Å². The maximum atomic E-state index is 11.0. The van der Waals surface area contributed by atoms with Crippen LogP contribution in [0, 0.1) is 0 Å². The number of rotatable bonds is 1. The Kier molecular flexibility index (Phi) is 1.73. The van der Waals surface area contributed by atoms with Gasteiger partial charge in [-0.1, -0.05) is 12.1 Å². The van der Waals surface area contributed by atoms with Gasteiger partial charge in [0.25, 0.3) is 0 Å². The van der Waals surface area contributed by atoms with E-state index in [4.69, 9.17) is 7.10 Å². The number of methoxy groups -OCH3 is 1. The van der Waals surface area contributed by atoms with Gasteiger partial charge in [-0.15, -0.1) is 0 Å². The van der Waals surface area contributed by atoms with Gasteiger partial charge in [0.05, 0.1) is 14.0 Å². The fraction of sp³-hybridized carbons (Fsp3) is 0.125. The first kappa shape index (κ1) is 6.22. The number of carbonyl (C=O) groups is 1. The van der Waals surface area contributed by atoms with E-state index in [0.717, 1.165) is 0 Å². The molecule has 1 aromatic rings. The van der Waals surface area contributed by atoms with E-state index in [1.165, 1.54) is 25.3 Å². The predicted molar refractivity (Wildman–Crippen MR) is 42.2 cm³/mol. The Bertz CT molecular complexity index is 312. The molecular formula is C8H9NO2. The molecule has 0 amide bonds. The highest BCUT2D eigenvalue weighted by Crippen LogP contribution is 2.10. The molecule has 58 valence electrons. The van der Waals surface area contributed by atoms with Gasteiger partial charge in [0.2, 0.25) is 0 Å². The molecule has 3 heteroatoms. The van der Waals surface area contributed by atoms with Gasteiger partial charge in [-0.2, -0.15) is 0 Å². The lowest BCUT2D eigenvalue weighted by Gasteiger charge is -2.00. The van der Waals surface area contributed by atoms with E-state index < -0.39 is 5.97 Å². The summed E-state index contributed by atoms with van der Waals surface area (Å²) in [6.45, 7) is 0. The summed E-state index contributed by atoms with van der Waals surface area (Å²) in [6, 6.07) is 4.64. The molecule has 0 saturated heterocycles. The number of benzene rings is 1. The van der Waals surface area contributed by atoms with E-state index >= 15 is 0 Å². The van der Waals surface area contributed by atoms with E-state index in [1.807, 2.05) is 0 Å². The fourth-order valence-corrected chi connectivity index (χ4v) is 0.729. The van der Waals surface area contributed by atoms with Crippen LogP contribution in [0.15, 0.2) is 24.2 Å². The van der Waals surface area contributed by atoms with E-state index in [9.17, 15) is 4.79 Å². The molecule has 0 saturated carbocycles. The zero-order chi connectivity index (χ0) is 9.14. The van der Waals surface area contributed by atoms with E-state index in [-0.39, 0.29) is 11.6 Å². The Balaban J connectivity index is 3.13. The van der Waals surface area contributed by atoms with Gasteiger partial charge < -0.3 is 10.5 Å². The van der Waals surface area contributed by atoms with Crippen LogP contribution in [-0.4, -0.2) is 13.1 Å². The highest BCUT2D eigenvalue weighted by atomic mass is 16.5. The van der Waals surface area contributed by atoms with Crippen molar-refractivity contribution in [3.63, 3.8) is 0 Å². The number of para-hydroxylation sites is 1. The lowest BCUT2D eigenvalue weighted by molar-refractivity contribution is 0.0602. The lowest BCUT2D eigenvalue weighted by atomic mass is 10.2. The Morgan fingerprint density at radius 1 is 1.73 bits per heavy atom. The minimum Gasteiger partial charge on any atom is -0.465 e. The van der Waals surface area contributed by atoms with E-state index in [0.29, 0.717) is 5.69 Å². The molecule has 1 aromatic carbocycles. The maximum absolute atomic E-state index is 11.0. The average Bonchev–Trinajstić information content (AvgIpc) is 2.08. The molecule has 0 atom stereocenters. The number of hydrogen-bond donors (Lipinski definition) is 1. The van der Waals surface area contributed by atoms with E-state index in [2.05, 4.69) is 4.74 Å². The lowest BCUT2D eigenvalue weighted by Crippen LogP contribution is -2.04. The highest BCUT2D eigenvalue weighted by molar-refractivity contribution is 5.94. The molecule has 2 N–H and O–H groups in total. The summed E-state index contributed by atoms with van der Waals surface area (Å²) < 4.78 is 11.7. The van der Waals surface area contributed by atoms with Crippen LogP contribution in [-0.2, 0) is 4.74 Å². The third kappa shape index (κ3) is 1.49. The minimum atomic E-state index is -0.512. The Hall–Kier alpha value is -1.51. The zero-order valence-corrected chi connectivity index (χ0v) is 6.13. The molecule has 0 aliphatic carbocycles. The van der Waals surface area contributed by atoms with Crippen molar-refractivity contribution in [1.29, 1.82) is 0 Å². The molecular weight excluding hydrogens is 142 g/mol. The Morgan fingerprint density at radius 3 is 3.09 bits per heavy atom. The van der Waals surface area contributed by atoms with Gasteiger partial charge in [0.1, 0.15) is 0 Å². The van der Waals surface area contributed by atoms with Crippen LogP contribution in [0.1, 0.15) is 11.7 Å². The quantitative estimate of drug-likeness (QED) is 0.484. The average molecular weight is 153 g/mol. The second kappa shape index (κ2) is 3.05. The smallest absolute Gasteiger partial charge is 0.339 e. The fourth-order valence-electron chi connectivity index (χ4n) is 0.729. The number of hydrogen-bond acceptors (Lipinski definition) is 3. The molecule has 1 rings (SSSR count). The van der Waals surface area contributed by atoms with Gasteiger partial charge in [-0.05, 0) is 12.1 Å². The van der Waals surface area contributed by atoms with Crippen LogP contribution >= 0.6 is 0 Å². The molecule has 0 fully saturated rings. The van der Waals surface area contributed by atoms with Crippen molar-refractivity contribution in [1.82, 2.24) is 0 Å². The second-order valence-corrected chi connectivity index (χ2v) is 2.00. The number of esters is 1. The molecule has 0 heterocycles. The molecule has 0 bridgehead atoms. The summed E-state index contributed by atoms with van der Waals surface area (Å²) in [5, 5.41) is 0. The summed E-state index contributed by atoms with van der Waals surface area (Å²) in [5.74, 6) is -0.512. The van der Waals surface area contributed by atoms with Crippen LogP contribution in [0.5, 0.6) is 0 Å². The van der Waals surface area contributed by atoms with Crippen molar-refractivity contribution in [2.24, 2.45) is 0 Å². The second-order valence-electron chi connectivity index (χ2n) is 2.00. The van der Waals surface area contributed by atoms with Crippen molar-refractivity contribution < 1.29 is 10.9 Å². The predicted octanol–water partition coefficient (Wildman–Crippen LogP) is 1.06. The van der Waals surface area contributed by atoms with Crippen LogP contribution in [0.4, 0.5) is 5.69 Å². The number of carbonyl (C=O) groups excluding carboxylic acids is 1. The molecule has 0 aromatic heterocycles. The summed E-state index contributed by atoms with van der Waals surface area (Å²) in [5.41, 5.74) is 6.05. The number of ether oxygens (including phenoxy) is 1. The number of nitrogens with two attached hydrogens (primary N) is 1. The number of nitrogen functional groups attached to an aromatic ring is 1. The normalized spacial score (nSPS) is 10.5. The summed E-state index contributed by atoms with van der Waals surface area (Å²) in [6.07, 6.45) is 0. The molecule has 0 spiro atoms. The van der Waals surface area contributed by atoms with Crippen molar-refractivity contribution >= 4 is 11.7 Å². The monoisotopic (exact) mass is 153 g/mol. The first-order chi connectivity index (χ1) is 5.65. The molecule has 0 radical (unpaired) electrons. The van der Waals surface area contributed by atoms with Gasteiger partial charge >= 0.3 is 5.97 Å². The Labute approximate surface area is 66.2 Å². The van der Waals surface area contributed by atoms with Crippen LogP contribution < -0.4 is 5.73 Å².